The van der Waals surface area contributed by atoms with E-state index >= 15 is 0 Å². The monoisotopic (exact) mass is 303 g/mol. The molecule has 108 valence electrons. The maximum absolute atomic E-state index is 13.2. The summed E-state index contributed by atoms with van der Waals surface area (Å²) in [6, 6.07) is 6.16. The summed E-state index contributed by atoms with van der Waals surface area (Å²) in [5.74, 6) is 0. The average molecular weight is 304 g/mol. The Bertz CT molecular complexity index is 593. The molecule has 0 aliphatic carbocycles. The second-order valence-corrected chi connectivity index (χ2v) is 4.62. The molecule has 0 saturated heterocycles. The number of rotatable bonds is 4. The zero-order valence-corrected chi connectivity index (χ0v) is 11.5. The predicted molar refractivity (Wildman–Crippen MR) is 71.0 cm³/mol. The molecule has 2 rings (SSSR count). The maximum atomic E-state index is 13.2. The van der Waals surface area contributed by atoms with E-state index in [0.29, 0.717) is 11.6 Å². The van der Waals surface area contributed by atoms with Gasteiger partial charge in [0, 0.05) is 17.1 Å². The van der Waals surface area contributed by atoms with Gasteiger partial charge in [0.2, 0.25) is 0 Å². The maximum Gasteiger partial charge on any atom is 0.433 e. The van der Waals surface area contributed by atoms with Crippen LogP contribution in [0.4, 0.5) is 13.2 Å². The highest BCUT2D eigenvalue weighted by molar-refractivity contribution is 6.30. The van der Waals surface area contributed by atoms with Crippen molar-refractivity contribution in [2.24, 2.45) is 0 Å². The molecule has 3 nitrogen and oxygen atoms in total. The van der Waals surface area contributed by atoms with E-state index in [9.17, 15) is 13.2 Å². The van der Waals surface area contributed by atoms with Crippen molar-refractivity contribution >= 4 is 11.6 Å². The lowest BCUT2D eigenvalue weighted by molar-refractivity contribution is -0.143. The number of benzene rings is 1. The normalized spacial score (nSPS) is 11.8. The molecular formula is C13H13ClF3N3. The first-order chi connectivity index (χ1) is 9.43. The van der Waals surface area contributed by atoms with Crippen molar-refractivity contribution in [3.63, 3.8) is 0 Å². The highest BCUT2D eigenvalue weighted by atomic mass is 35.5. The fourth-order valence-electron chi connectivity index (χ4n) is 1.88. The zero-order chi connectivity index (χ0) is 14.8. The number of halogens is 4. The van der Waals surface area contributed by atoms with E-state index in [-0.39, 0.29) is 17.8 Å². The number of hydrogen-bond donors (Lipinski definition) is 1. The van der Waals surface area contributed by atoms with Gasteiger partial charge >= 0.3 is 6.18 Å². The van der Waals surface area contributed by atoms with E-state index < -0.39 is 11.9 Å². The third-order valence-corrected chi connectivity index (χ3v) is 2.97. The third kappa shape index (κ3) is 3.13. The Morgan fingerprint density at radius 1 is 1.35 bits per heavy atom. The topological polar surface area (TPSA) is 29.9 Å². The molecule has 0 spiro atoms. The van der Waals surface area contributed by atoms with Crippen molar-refractivity contribution in [2.45, 2.75) is 19.6 Å². The molecule has 20 heavy (non-hydrogen) atoms. The van der Waals surface area contributed by atoms with Crippen LogP contribution in [0.2, 0.25) is 5.02 Å². The Kier molecular flexibility index (Phi) is 4.35. The summed E-state index contributed by atoms with van der Waals surface area (Å²) in [6.07, 6.45) is -3.25. The molecule has 0 amide bonds. The summed E-state index contributed by atoms with van der Waals surface area (Å²) in [7, 11) is 0. The van der Waals surface area contributed by atoms with Gasteiger partial charge in [0.1, 0.15) is 0 Å². The number of alkyl halides is 3. The van der Waals surface area contributed by atoms with E-state index in [2.05, 4.69) is 10.4 Å². The first kappa shape index (κ1) is 14.9. The Balaban J connectivity index is 2.51. The van der Waals surface area contributed by atoms with Gasteiger partial charge in [0.15, 0.2) is 5.69 Å². The Morgan fingerprint density at radius 3 is 2.70 bits per heavy atom. The molecule has 0 aliphatic heterocycles. The van der Waals surface area contributed by atoms with Crippen LogP contribution < -0.4 is 5.32 Å². The molecule has 0 saturated carbocycles. The smallest absolute Gasteiger partial charge is 0.313 e. The Morgan fingerprint density at radius 2 is 2.10 bits per heavy atom. The first-order valence-corrected chi connectivity index (χ1v) is 6.42. The largest absolute Gasteiger partial charge is 0.433 e. The van der Waals surface area contributed by atoms with Gasteiger partial charge in [-0.15, -0.1) is 0 Å². The van der Waals surface area contributed by atoms with Crippen LogP contribution in [0.15, 0.2) is 30.5 Å². The van der Waals surface area contributed by atoms with Gasteiger partial charge in [-0.25, -0.2) is 4.68 Å². The summed E-state index contributed by atoms with van der Waals surface area (Å²) in [4.78, 5) is 0. The second-order valence-electron chi connectivity index (χ2n) is 4.19. The summed E-state index contributed by atoms with van der Waals surface area (Å²) < 4.78 is 40.6. The molecule has 7 heteroatoms. The molecule has 1 aromatic heterocycles. The molecule has 0 atom stereocenters. The number of hydrogen-bond acceptors (Lipinski definition) is 2. The standard InChI is InChI=1S/C13H13ClF3N3/c1-2-18-7-9-8-19-20(12(9)13(15,16)17)11-5-3-4-10(14)6-11/h3-6,8,18H,2,7H2,1H3. The molecule has 0 aliphatic rings. The highest BCUT2D eigenvalue weighted by Gasteiger charge is 2.38. The van der Waals surface area contributed by atoms with Crippen LogP contribution in [0.1, 0.15) is 18.2 Å². The van der Waals surface area contributed by atoms with Crippen LogP contribution in [0, 0.1) is 0 Å². The molecule has 0 bridgehead atoms. The summed E-state index contributed by atoms with van der Waals surface area (Å²) in [5.41, 5.74) is -0.382. The highest BCUT2D eigenvalue weighted by Crippen LogP contribution is 2.33. The van der Waals surface area contributed by atoms with Gasteiger partial charge in [-0.05, 0) is 24.7 Å². The van der Waals surface area contributed by atoms with Gasteiger partial charge in [0.05, 0.1) is 11.9 Å². The third-order valence-electron chi connectivity index (χ3n) is 2.73. The van der Waals surface area contributed by atoms with Gasteiger partial charge in [-0.3, -0.25) is 0 Å². The minimum Gasteiger partial charge on any atom is -0.313 e. The lowest BCUT2D eigenvalue weighted by Gasteiger charge is -2.13. The SMILES string of the molecule is CCNCc1cnn(-c2cccc(Cl)c2)c1C(F)(F)F. The van der Waals surface area contributed by atoms with Crippen molar-refractivity contribution in [3.8, 4) is 5.69 Å². The van der Waals surface area contributed by atoms with Crippen LogP contribution in [0.25, 0.3) is 5.69 Å². The predicted octanol–water partition coefficient (Wildman–Crippen LogP) is 3.65. The van der Waals surface area contributed by atoms with E-state index in [4.69, 9.17) is 11.6 Å². The van der Waals surface area contributed by atoms with Gasteiger partial charge in [0.25, 0.3) is 0 Å². The second kappa shape index (κ2) is 5.85. The molecule has 2 aromatic rings. The molecule has 0 radical (unpaired) electrons. The van der Waals surface area contributed by atoms with Gasteiger partial charge < -0.3 is 5.32 Å². The lowest BCUT2D eigenvalue weighted by Crippen LogP contribution is -2.19. The minimum atomic E-state index is -4.48. The summed E-state index contributed by atoms with van der Waals surface area (Å²) in [5, 5.41) is 7.08. The number of aromatic nitrogens is 2. The quantitative estimate of drug-likeness (QED) is 0.934. The van der Waals surface area contributed by atoms with Crippen LogP contribution in [-0.2, 0) is 12.7 Å². The first-order valence-electron chi connectivity index (χ1n) is 6.04. The molecule has 1 heterocycles. The zero-order valence-electron chi connectivity index (χ0n) is 10.7. The van der Waals surface area contributed by atoms with Crippen molar-refractivity contribution in [1.82, 2.24) is 15.1 Å². The van der Waals surface area contributed by atoms with Crippen molar-refractivity contribution in [2.75, 3.05) is 6.54 Å². The molecule has 1 N–H and O–H groups in total. The van der Waals surface area contributed by atoms with Crippen LogP contribution >= 0.6 is 11.6 Å². The molecule has 1 aromatic carbocycles. The number of nitrogens with one attached hydrogen (secondary N) is 1. The van der Waals surface area contributed by atoms with E-state index in [1.807, 2.05) is 6.92 Å². The van der Waals surface area contributed by atoms with Crippen molar-refractivity contribution in [3.05, 3.63) is 46.7 Å². The van der Waals surface area contributed by atoms with Crippen LogP contribution in [-0.4, -0.2) is 16.3 Å². The minimum absolute atomic E-state index is 0.110. The summed E-state index contributed by atoms with van der Waals surface area (Å²) >= 11 is 5.82. The lowest BCUT2D eigenvalue weighted by atomic mass is 10.2. The van der Waals surface area contributed by atoms with E-state index in [1.165, 1.54) is 18.3 Å². The Labute approximate surface area is 119 Å². The fourth-order valence-corrected chi connectivity index (χ4v) is 2.06. The van der Waals surface area contributed by atoms with Gasteiger partial charge in [-0.1, -0.05) is 24.6 Å². The van der Waals surface area contributed by atoms with Crippen LogP contribution in [0.3, 0.4) is 0 Å². The summed E-state index contributed by atoms with van der Waals surface area (Å²) in [6.45, 7) is 2.53. The van der Waals surface area contributed by atoms with Crippen molar-refractivity contribution in [1.29, 1.82) is 0 Å². The fraction of sp³-hybridized carbons (Fsp3) is 0.308. The molecular weight excluding hydrogens is 291 g/mol. The molecule has 0 fully saturated rings. The number of nitrogens with zero attached hydrogens (tertiary/aromatic N) is 2. The van der Waals surface area contributed by atoms with Crippen molar-refractivity contribution < 1.29 is 13.2 Å². The van der Waals surface area contributed by atoms with Crippen LogP contribution in [0.5, 0.6) is 0 Å². The van der Waals surface area contributed by atoms with E-state index in [1.54, 1.807) is 12.1 Å². The van der Waals surface area contributed by atoms with Gasteiger partial charge in [-0.2, -0.15) is 18.3 Å². The molecule has 0 unspecified atom stereocenters. The average Bonchev–Trinajstić information content (AvgIpc) is 2.80. The van der Waals surface area contributed by atoms with E-state index in [0.717, 1.165) is 4.68 Å². The Hall–Kier alpha value is -1.53.